The molecule has 5 heteroatoms. The van der Waals surface area contributed by atoms with Crippen LogP contribution in [-0.2, 0) is 0 Å². The molecule has 2 aromatic carbocycles. The number of benzene rings is 2. The van der Waals surface area contributed by atoms with E-state index in [1.165, 1.54) is 41.5 Å². The minimum atomic E-state index is -0.372. The zero-order chi connectivity index (χ0) is 18.1. The maximum Gasteiger partial charge on any atom is 0.248 e. The second-order valence-corrected chi connectivity index (χ2v) is 8.40. The number of nitrogens with one attached hydrogen (secondary N) is 2. The monoisotopic (exact) mass is 358 g/mol. The van der Waals surface area contributed by atoms with Crippen molar-refractivity contribution in [3.05, 3.63) is 59.3 Å². The molecule has 2 bridgehead atoms. The highest BCUT2D eigenvalue weighted by Crippen LogP contribution is 2.64. The Kier molecular flexibility index (Phi) is 3.02. The average molecular weight is 358 g/mol. The summed E-state index contributed by atoms with van der Waals surface area (Å²) in [7, 11) is 0. The van der Waals surface area contributed by atoms with Gasteiger partial charge in [-0.25, -0.2) is 0 Å². The predicted molar refractivity (Wildman–Crippen MR) is 104 cm³/mol. The van der Waals surface area contributed by atoms with Gasteiger partial charge in [0.25, 0.3) is 0 Å². The van der Waals surface area contributed by atoms with Crippen LogP contribution in [0.5, 0.6) is 0 Å². The number of hydrogen-bond acceptors (Lipinski definition) is 3. The van der Waals surface area contributed by atoms with E-state index in [0.717, 1.165) is 17.4 Å². The van der Waals surface area contributed by atoms with E-state index >= 15 is 0 Å². The van der Waals surface area contributed by atoms with Crippen LogP contribution >= 0.6 is 0 Å². The summed E-state index contributed by atoms with van der Waals surface area (Å²) < 4.78 is 0. The fourth-order valence-electron chi connectivity index (χ4n) is 6.19. The van der Waals surface area contributed by atoms with Gasteiger partial charge in [-0.3, -0.25) is 9.89 Å². The molecule has 136 valence electrons. The van der Waals surface area contributed by atoms with E-state index in [0.29, 0.717) is 17.4 Å². The molecular formula is C22H22N4O. The summed E-state index contributed by atoms with van der Waals surface area (Å²) >= 11 is 0. The van der Waals surface area contributed by atoms with Crippen LogP contribution in [0.25, 0.3) is 10.9 Å². The zero-order valence-corrected chi connectivity index (χ0v) is 15.0. The third-order valence-electron chi connectivity index (χ3n) is 7.23. The number of nitrogens with two attached hydrogens (primary N) is 1. The van der Waals surface area contributed by atoms with E-state index in [2.05, 4.69) is 39.8 Å². The van der Waals surface area contributed by atoms with Gasteiger partial charge in [0.15, 0.2) is 0 Å². The standard InChI is InChI=1S/C22H22N4O/c23-22(27)12-3-1-11(2-4-12)21-19-14-6-5-13(9-14)18(19)20-15-10-24-26-16(15)7-8-17(20)25-21/h1-4,7-8,10,13-14,18-19,21,25H,5-6,9H2,(H2,23,27)(H,24,26). The Morgan fingerprint density at radius 2 is 1.89 bits per heavy atom. The molecule has 2 fully saturated rings. The van der Waals surface area contributed by atoms with E-state index in [1.807, 2.05) is 18.3 Å². The van der Waals surface area contributed by atoms with Crippen LogP contribution < -0.4 is 11.1 Å². The van der Waals surface area contributed by atoms with Crippen molar-refractivity contribution in [2.45, 2.75) is 31.2 Å². The van der Waals surface area contributed by atoms with E-state index in [4.69, 9.17) is 5.73 Å². The summed E-state index contributed by atoms with van der Waals surface area (Å²) in [6.07, 6.45) is 5.99. The van der Waals surface area contributed by atoms with E-state index in [1.54, 1.807) is 0 Å². The first-order valence-corrected chi connectivity index (χ1v) is 9.83. The lowest BCUT2D eigenvalue weighted by Crippen LogP contribution is -2.35. The summed E-state index contributed by atoms with van der Waals surface area (Å²) in [5.74, 6) is 2.35. The smallest absolute Gasteiger partial charge is 0.248 e. The molecule has 2 aliphatic carbocycles. The number of fused-ring (bicyclic) bond motifs is 9. The maximum absolute atomic E-state index is 11.4. The quantitative estimate of drug-likeness (QED) is 0.648. The van der Waals surface area contributed by atoms with Gasteiger partial charge >= 0.3 is 0 Å². The van der Waals surface area contributed by atoms with Crippen molar-refractivity contribution in [3.63, 3.8) is 0 Å². The number of nitrogens with zero attached hydrogens (tertiary/aromatic N) is 1. The molecule has 1 aliphatic heterocycles. The highest BCUT2D eigenvalue weighted by Gasteiger charge is 2.54. The Balaban J connectivity index is 1.50. The van der Waals surface area contributed by atoms with Gasteiger partial charge in [-0.2, -0.15) is 5.10 Å². The Morgan fingerprint density at radius 1 is 1.07 bits per heavy atom. The molecule has 6 rings (SSSR count). The van der Waals surface area contributed by atoms with Gasteiger partial charge in [0.05, 0.1) is 17.8 Å². The van der Waals surface area contributed by atoms with Gasteiger partial charge in [-0.1, -0.05) is 12.1 Å². The Bertz CT molecular complexity index is 1050. The van der Waals surface area contributed by atoms with Gasteiger partial charge in [0.1, 0.15) is 0 Å². The lowest BCUT2D eigenvalue weighted by Gasteiger charge is -2.43. The molecule has 0 radical (unpaired) electrons. The van der Waals surface area contributed by atoms with Gasteiger partial charge in [0, 0.05) is 16.6 Å². The summed E-state index contributed by atoms with van der Waals surface area (Å²) in [6.45, 7) is 0. The summed E-state index contributed by atoms with van der Waals surface area (Å²) in [5, 5.41) is 12.5. The highest BCUT2D eigenvalue weighted by atomic mass is 16.1. The molecule has 5 atom stereocenters. The molecule has 1 amide bonds. The third-order valence-corrected chi connectivity index (χ3v) is 7.23. The van der Waals surface area contributed by atoms with Crippen molar-refractivity contribution in [1.29, 1.82) is 0 Å². The van der Waals surface area contributed by atoms with E-state index < -0.39 is 0 Å². The molecule has 3 aromatic rings. The number of primary amides is 1. The van der Waals surface area contributed by atoms with Crippen molar-refractivity contribution in [2.75, 3.05) is 5.32 Å². The first-order chi connectivity index (χ1) is 13.2. The first kappa shape index (κ1) is 15.3. The van der Waals surface area contributed by atoms with Crippen LogP contribution in [0.4, 0.5) is 5.69 Å². The molecule has 27 heavy (non-hydrogen) atoms. The van der Waals surface area contributed by atoms with E-state index in [-0.39, 0.29) is 11.9 Å². The molecule has 0 spiro atoms. The van der Waals surface area contributed by atoms with Crippen LogP contribution in [0.2, 0.25) is 0 Å². The molecule has 4 N–H and O–H groups in total. The van der Waals surface area contributed by atoms with Gasteiger partial charge in [-0.05, 0) is 78.3 Å². The predicted octanol–water partition coefficient (Wildman–Crippen LogP) is 3.96. The largest absolute Gasteiger partial charge is 0.378 e. The van der Waals surface area contributed by atoms with Crippen molar-refractivity contribution < 1.29 is 4.79 Å². The van der Waals surface area contributed by atoms with Gasteiger partial charge in [-0.15, -0.1) is 0 Å². The molecule has 5 nitrogen and oxygen atoms in total. The van der Waals surface area contributed by atoms with Crippen molar-refractivity contribution in [3.8, 4) is 0 Å². The number of aromatic nitrogens is 2. The molecule has 3 aliphatic rings. The van der Waals surface area contributed by atoms with Crippen LogP contribution in [0.1, 0.15) is 52.7 Å². The zero-order valence-electron chi connectivity index (χ0n) is 15.0. The van der Waals surface area contributed by atoms with Crippen LogP contribution in [0, 0.1) is 17.8 Å². The summed E-state index contributed by atoms with van der Waals surface area (Å²) in [6, 6.07) is 12.5. The minimum Gasteiger partial charge on any atom is -0.378 e. The van der Waals surface area contributed by atoms with Crippen molar-refractivity contribution >= 4 is 22.5 Å². The second-order valence-electron chi connectivity index (χ2n) is 8.40. The lowest BCUT2D eigenvalue weighted by atomic mass is 9.67. The minimum absolute atomic E-state index is 0.282. The van der Waals surface area contributed by atoms with Crippen LogP contribution in [0.15, 0.2) is 42.6 Å². The number of carbonyl (C=O) groups is 1. The first-order valence-electron chi connectivity index (χ1n) is 9.83. The topological polar surface area (TPSA) is 83.8 Å². The fraction of sp³-hybridized carbons (Fsp3) is 0.364. The Labute approximate surface area is 157 Å². The number of carbonyl (C=O) groups excluding carboxylic acids is 1. The maximum atomic E-state index is 11.4. The van der Waals surface area contributed by atoms with Gasteiger partial charge < -0.3 is 11.1 Å². The normalized spacial score (nSPS) is 30.7. The number of amides is 1. The third kappa shape index (κ3) is 2.05. The summed E-state index contributed by atoms with van der Waals surface area (Å²) in [5.41, 5.74) is 11.1. The van der Waals surface area contributed by atoms with Crippen LogP contribution in [-0.4, -0.2) is 16.1 Å². The average Bonchev–Trinajstić information content (AvgIpc) is 3.43. The highest BCUT2D eigenvalue weighted by molar-refractivity contribution is 5.93. The molecule has 2 saturated carbocycles. The lowest BCUT2D eigenvalue weighted by molar-refractivity contribution is 0.100. The Hall–Kier alpha value is -2.82. The SMILES string of the molecule is NC(=O)c1ccc(C2Nc3ccc4[nH]ncc4c3C3C4CCC(C4)C23)cc1. The Morgan fingerprint density at radius 3 is 2.70 bits per heavy atom. The molecule has 1 aromatic heterocycles. The number of anilines is 1. The molecule has 5 unspecified atom stereocenters. The number of H-pyrrole nitrogens is 1. The molecule has 0 saturated heterocycles. The second kappa shape index (κ2) is 5.35. The number of rotatable bonds is 2. The van der Waals surface area contributed by atoms with Crippen molar-refractivity contribution in [2.24, 2.45) is 23.5 Å². The summed E-state index contributed by atoms with van der Waals surface area (Å²) in [4.78, 5) is 11.4. The van der Waals surface area contributed by atoms with E-state index in [9.17, 15) is 4.79 Å². The van der Waals surface area contributed by atoms with Crippen LogP contribution in [0.3, 0.4) is 0 Å². The molecule has 2 heterocycles. The van der Waals surface area contributed by atoms with Crippen molar-refractivity contribution in [1.82, 2.24) is 10.2 Å². The van der Waals surface area contributed by atoms with Gasteiger partial charge in [0.2, 0.25) is 5.91 Å². The fourth-order valence-corrected chi connectivity index (χ4v) is 6.19. The number of aromatic amines is 1. The molecular weight excluding hydrogens is 336 g/mol. The number of hydrogen-bond donors (Lipinski definition) is 3.